The highest BCUT2D eigenvalue weighted by molar-refractivity contribution is 6.00. The Bertz CT molecular complexity index is 1600. The van der Waals surface area contributed by atoms with E-state index in [1.165, 1.54) is 0 Å². The first-order valence-corrected chi connectivity index (χ1v) is 17.6. The highest BCUT2D eigenvalue weighted by Crippen LogP contribution is 2.20. The van der Waals surface area contributed by atoms with Crippen molar-refractivity contribution in [2.24, 2.45) is 0 Å². The van der Waals surface area contributed by atoms with Crippen molar-refractivity contribution in [3.05, 3.63) is 119 Å². The van der Waals surface area contributed by atoms with E-state index < -0.39 is 24.1 Å². The Hall–Kier alpha value is -5.32. The van der Waals surface area contributed by atoms with Crippen molar-refractivity contribution in [1.82, 2.24) is 0 Å². The predicted octanol–water partition coefficient (Wildman–Crippen LogP) is 8.36. The highest BCUT2D eigenvalue weighted by Gasteiger charge is 2.18. The topological polar surface area (TPSA) is 124 Å². The van der Waals surface area contributed by atoms with Crippen LogP contribution < -0.4 is 18.9 Å². The summed E-state index contributed by atoms with van der Waals surface area (Å²) in [7, 11) is 0. The van der Waals surface area contributed by atoms with Crippen molar-refractivity contribution in [3.63, 3.8) is 0 Å². The maximum absolute atomic E-state index is 12.6. The first kappa shape index (κ1) is 39.5. The average molecular weight is 711 g/mol. The summed E-state index contributed by atoms with van der Waals surface area (Å²) in [6.45, 7) is 9.37. The predicted molar refractivity (Wildman–Crippen MR) is 196 cm³/mol. The van der Waals surface area contributed by atoms with Crippen molar-refractivity contribution >= 4 is 23.5 Å². The van der Waals surface area contributed by atoms with E-state index in [1.807, 2.05) is 13.8 Å². The quantitative estimate of drug-likeness (QED) is 0.0361. The van der Waals surface area contributed by atoms with Gasteiger partial charge in [0.2, 0.25) is 0 Å². The smallest absolute Gasteiger partial charge is 0.343 e. The molecule has 0 radical (unpaired) electrons. The van der Waals surface area contributed by atoms with E-state index in [-0.39, 0.29) is 11.6 Å². The number of carbonyl (C=O) groups excluding carboxylic acids is 4. The normalized spacial score (nSPS) is 12.0. The number of benzene rings is 4. The maximum atomic E-state index is 12.6. The van der Waals surface area contributed by atoms with Gasteiger partial charge in [-0.3, -0.25) is 9.59 Å². The molecule has 2 atom stereocenters. The molecule has 0 heterocycles. The average Bonchev–Trinajstić information content (AvgIpc) is 3.17. The number of Topliss-reactive ketones (excluding diaryl/α,β-unsaturated/α-hetero) is 2. The van der Waals surface area contributed by atoms with Gasteiger partial charge in [-0.2, -0.15) is 0 Å². The molecule has 4 aromatic carbocycles. The molecule has 0 amide bonds. The van der Waals surface area contributed by atoms with Crippen molar-refractivity contribution in [2.75, 3.05) is 26.4 Å². The number of hydrogen-bond acceptors (Lipinski definition) is 10. The molecule has 0 aliphatic heterocycles. The second-order valence-electron chi connectivity index (χ2n) is 12.0. The number of carbonyl (C=O) groups is 4. The Labute approximate surface area is 304 Å². The van der Waals surface area contributed by atoms with Crippen LogP contribution >= 0.6 is 0 Å². The van der Waals surface area contributed by atoms with Crippen molar-refractivity contribution in [3.8, 4) is 23.0 Å². The van der Waals surface area contributed by atoms with Gasteiger partial charge in [0.25, 0.3) is 0 Å². The minimum atomic E-state index is -0.537. The van der Waals surface area contributed by atoms with Gasteiger partial charge < -0.3 is 28.4 Å². The summed E-state index contributed by atoms with van der Waals surface area (Å²) in [4.78, 5) is 50.2. The summed E-state index contributed by atoms with van der Waals surface area (Å²) in [5.74, 6) is 0.630. The first-order chi connectivity index (χ1) is 25.2. The van der Waals surface area contributed by atoms with Gasteiger partial charge in [0.05, 0.1) is 24.3 Å². The fourth-order valence-corrected chi connectivity index (χ4v) is 4.88. The monoisotopic (exact) mass is 710 g/mol. The standard InChI is InChI=1S/C42H46O10/c1-5-25-47-29(3)39(43)31-9-21-37(22-10-31)51-41(45)33-13-17-35(18-14-33)49-27-7-8-28-50-36-19-15-34(16-20-36)42(46)52-38-23-11-32(12-24-38)40(44)30(4)48-26-6-2/h9-24,29-30H,5-8,25-28H2,1-4H3. The zero-order chi connectivity index (χ0) is 37.3. The van der Waals surface area contributed by atoms with Crippen LogP contribution in [-0.2, 0) is 9.47 Å². The van der Waals surface area contributed by atoms with Gasteiger partial charge in [0, 0.05) is 24.3 Å². The Morgan fingerprint density at radius 3 is 1.08 bits per heavy atom. The van der Waals surface area contributed by atoms with E-state index in [9.17, 15) is 19.2 Å². The van der Waals surface area contributed by atoms with Crippen LogP contribution in [0.1, 0.15) is 94.8 Å². The molecule has 0 spiro atoms. The molecule has 10 heteroatoms. The van der Waals surface area contributed by atoms with Crippen LogP contribution in [0.2, 0.25) is 0 Å². The molecule has 2 unspecified atom stereocenters. The minimum Gasteiger partial charge on any atom is -0.494 e. The van der Waals surface area contributed by atoms with Gasteiger partial charge in [-0.05, 0) is 137 Å². The maximum Gasteiger partial charge on any atom is 0.343 e. The summed E-state index contributed by atoms with van der Waals surface area (Å²) in [6.07, 6.45) is 2.07. The second kappa shape index (κ2) is 20.5. The van der Waals surface area contributed by atoms with E-state index in [2.05, 4.69) is 0 Å². The summed E-state index contributed by atoms with van der Waals surface area (Å²) in [5, 5.41) is 0. The minimum absolute atomic E-state index is 0.124. The molecule has 10 nitrogen and oxygen atoms in total. The van der Waals surface area contributed by atoms with E-state index >= 15 is 0 Å². The lowest BCUT2D eigenvalue weighted by atomic mass is 10.1. The molecule has 0 saturated heterocycles. The number of rotatable bonds is 21. The molecule has 52 heavy (non-hydrogen) atoms. The second-order valence-corrected chi connectivity index (χ2v) is 12.0. The molecule has 0 aliphatic rings. The third kappa shape index (κ3) is 12.2. The van der Waals surface area contributed by atoms with Crippen molar-refractivity contribution < 1.29 is 47.6 Å². The summed E-state index contributed by atoms with van der Waals surface area (Å²) >= 11 is 0. The van der Waals surface area contributed by atoms with Crippen LogP contribution in [0.15, 0.2) is 97.1 Å². The third-order valence-corrected chi connectivity index (χ3v) is 7.84. The van der Waals surface area contributed by atoms with Crippen LogP contribution in [-0.4, -0.2) is 62.1 Å². The molecule has 0 aromatic heterocycles. The highest BCUT2D eigenvalue weighted by atomic mass is 16.5. The van der Waals surface area contributed by atoms with Crippen molar-refractivity contribution in [2.45, 2.75) is 65.6 Å². The van der Waals surface area contributed by atoms with E-state index in [1.54, 1.807) is 111 Å². The summed E-state index contributed by atoms with van der Waals surface area (Å²) in [5.41, 5.74) is 1.72. The fourth-order valence-electron chi connectivity index (χ4n) is 4.88. The SMILES string of the molecule is CCCOC(C)C(=O)c1ccc(OC(=O)c2ccc(OCCCCOc3ccc(C(=O)Oc4ccc(C(=O)C(C)OCCC)cc4)cc3)cc2)cc1. The zero-order valence-corrected chi connectivity index (χ0v) is 30.1. The fraction of sp³-hybridized carbons (Fsp3) is 0.333. The van der Waals surface area contributed by atoms with Crippen LogP contribution in [0.3, 0.4) is 0 Å². The Kier molecular flexibility index (Phi) is 15.6. The molecule has 274 valence electrons. The molecule has 0 fully saturated rings. The van der Waals surface area contributed by atoms with Crippen molar-refractivity contribution in [1.29, 1.82) is 0 Å². The Morgan fingerprint density at radius 1 is 0.442 bits per heavy atom. The first-order valence-electron chi connectivity index (χ1n) is 17.6. The Morgan fingerprint density at radius 2 is 0.750 bits per heavy atom. The molecular formula is C42H46O10. The van der Waals surface area contributed by atoms with Gasteiger partial charge in [-0.1, -0.05) is 13.8 Å². The molecule has 0 aliphatic carbocycles. The number of ketones is 2. The zero-order valence-electron chi connectivity index (χ0n) is 30.1. The molecule has 0 bridgehead atoms. The van der Waals surface area contributed by atoms with Crippen LogP contribution in [0, 0.1) is 0 Å². The molecular weight excluding hydrogens is 664 g/mol. The lowest BCUT2D eigenvalue weighted by Crippen LogP contribution is -2.21. The van der Waals surface area contributed by atoms with E-state index in [4.69, 9.17) is 28.4 Å². The van der Waals surface area contributed by atoms with E-state index in [0.717, 1.165) is 25.7 Å². The molecule has 4 aromatic rings. The molecule has 0 N–H and O–H groups in total. The van der Waals surface area contributed by atoms with Crippen LogP contribution in [0.25, 0.3) is 0 Å². The van der Waals surface area contributed by atoms with E-state index in [0.29, 0.717) is 71.7 Å². The van der Waals surface area contributed by atoms with Gasteiger partial charge in [0.1, 0.15) is 35.2 Å². The largest absolute Gasteiger partial charge is 0.494 e. The van der Waals surface area contributed by atoms with Gasteiger partial charge >= 0.3 is 11.9 Å². The number of hydrogen-bond donors (Lipinski definition) is 0. The number of ether oxygens (including phenoxy) is 6. The lowest BCUT2D eigenvalue weighted by molar-refractivity contribution is 0.0477. The number of unbranched alkanes of at least 4 members (excludes halogenated alkanes) is 1. The third-order valence-electron chi connectivity index (χ3n) is 7.84. The van der Waals surface area contributed by atoms with Crippen LogP contribution in [0.5, 0.6) is 23.0 Å². The summed E-state index contributed by atoms with van der Waals surface area (Å²) < 4.78 is 33.5. The van der Waals surface area contributed by atoms with Crippen LogP contribution in [0.4, 0.5) is 0 Å². The van der Waals surface area contributed by atoms with Gasteiger partial charge in [-0.15, -0.1) is 0 Å². The molecule has 0 saturated carbocycles. The lowest BCUT2D eigenvalue weighted by Gasteiger charge is -2.12. The van der Waals surface area contributed by atoms with Gasteiger partial charge in [0.15, 0.2) is 11.6 Å². The number of esters is 2. The summed E-state index contributed by atoms with van der Waals surface area (Å²) in [6, 6.07) is 26.2. The van der Waals surface area contributed by atoms with Gasteiger partial charge in [-0.25, -0.2) is 9.59 Å². The molecule has 4 rings (SSSR count). The Balaban J connectivity index is 1.12.